The summed E-state index contributed by atoms with van der Waals surface area (Å²) in [5, 5.41) is 5.20. The summed E-state index contributed by atoms with van der Waals surface area (Å²) in [7, 11) is 0. The third kappa shape index (κ3) is 5.30. The number of fused-ring (bicyclic) bond motifs is 1. The lowest BCUT2D eigenvalue weighted by atomic mass is 9.75. The number of carbonyl (C=O) groups excluding carboxylic acids is 2. The number of rotatable bonds is 2. The average molecular weight is 296 g/mol. The Morgan fingerprint density at radius 1 is 1.10 bits per heavy atom. The van der Waals surface area contributed by atoms with Crippen molar-refractivity contribution < 1.29 is 14.5 Å². The number of carbonyl (C=O) groups is 2. The highest BCUT2D eigenvalue weighted by molar-refractivity contribution is 5.94. The van der Waals surface area contributed by atoms with E-state index in [2.05, 4.69) is 10.6 Å². The number of hydrogen-bond acceptors (Lipinski definition) is 2. The second-order valence-electron chi connectivity index (χ2n) is 7.73. The molecule has 5 nitrogen and oxygen atoms in total. The predicted octanol–water partition coefficient (Wildman–Crippen LogP) is 0.706. The van der Waals surface area contributed by atoms with Crippen molar-refractivity contribution in [2.24, 2.45) is 11.8 Å². The van der Waals surface area contributed by atoms with E-state index in [4.69, 9.17) is 0 Å². The number of hydrogen-bond donors (Lipinski definition) is 3. The van der Waals surface area contributed by atoms with Crippen LogP contribution in [-0.2, 0) is 4.79 Å². The van der Waals surface area contributed by atoms with Crippen molar-refractivity contribution in [1.82, 2.24) is 10.6 Å². The van der Waals surface area contributed by atoms with Crippen molar-refractivity contribution in [2.75, 3.05) is 19.6 Å². The quantitative estimate of drug-likeness (QED) is 0.702. The molecule has 0 aromatic carbocycles. The number of likely N-dealkylation sites (tertiary alicyclic amines) is 1. The van der Waals surface area contributed by atoms with Gasteiger partial charge in [0, 0.05) is 11.5 Å². The second kappa shape index (κ2) is 6.77. The zero-order valence-electron chi connectivity index (χ0n) is 13.6. The summed E-state index contributed by atoms with van der Waals surface area (Å²) in [5.41, 5.74) is -0.322. The van der Waals surface area contributed by atoms with Gasteiger partial charge < -0.3 is 10.2 Å². The summed E-state index contributed by atoms with van der Waals surface area (Å²) >= 11 is 0. The van der Waals surface area contributed by atoms with Crippen molar-refractivity contribution in [3.63, 3.8) is 0 Å². The van der Waals surface area contributed by atoms with Crippen LogP contribution in [-0.4, -0.2) is 37.1 Å². The molecule has 1 saturated carbocycles. The van der Waals surface area contributed by atoms with Gasteiger partial charge in [0.05, 0.1) is 13.1 Å². The zero-order valence-corrected chi connectivity index (χ0v) is 13.6. The third-order valence-electron chi connectivity index (χ3n) is 4.64. The summed E-state index contributed by atoms with van der Waals surface area (Å²) < 4.78 is 0. The standard InChI is InChI=1S/C16H29N3O2/c1-16(2,3)18-15(21)17-14(20)11-19-9-8-12-6-4-5-7-13(12)10-19/h12-13H,4-11H2,1-3H3,(H2,17,18,20,21)/p+1/t12-,13+/m0/s1. The molecule has 21 heavy (non-hydrogen) atoms. The van der Waals surface area contributed by atoms with Gasteiger partial charge in [-0.15, -0.1) is 0 Å². The lowest BCUT2D eigenvalue weighted by Crippen LogP contribution is -3.15. The SMILES string of the molecule is CC(C)(C)NC(=O)NC(=O)C[NH+]1CC[C@@H]2CCCC[C@@H]2C1. The molecule has 120 valence electrons. The molecule has 2 aliphatic rings. The lowest BCUT2D eigenvalue weighted by Gasteiger charge is -2.38. The zero-order chi connectivity index (χ0) is 15.5. The van der Waals surface area contributed by atoms with E-state index in [1.807, 2.05) is 20.8 Å². The Morgan fingerprint density at radius 3 is 2.43 bits per heavy atom. The molecular weight excluding hydrogens is 266 g/mol. The molecule has 1 aliphatic heterocycles. The van der Waals surface area contributed by atoms with Gasteiger partial charge in [-0.3, -0.25) is 10.1 Å². The van der Waals surface area contributed by atoms with Crippen LogP contribution in [0.25, 0.3) is 0 Å². The minimum atomic E-state index is -0.389. The van der Waals surface area contributed by atoms with Crippen LogP contribution in [0.4, 0.5) is 4.79 Å². The van der Waals surface area contributed by atoms with Gasteiger partial charge >= 0.3 is 6.03 Å². The lowest BCUT2D eigenvalue weighted by molar-refractivity contribution is -0.902. The third-order valence-corrected chi connectivity index (χ3v) is 4.64. The van der Waals surface area contributed by atoms with Crippen LogP contribution in [0.15, 0.2) is 0 Å². The molecule has 0 aromatic rings. The van der Waals surface area contributed by atoms with Gasteiger partial charge in [0.1, 0.15) is 0 Å². The van der Waals surface area contributed by atoms with E-state index in [-0.39, 0.29) is 17.5 Å². The predicted molar refractivity (Wildman–Crippen MR) is 82.1 cm³/mol. The highest BCUT2D eigenvalue weighted by Gasteiger charge is 2.34. The molecule has 0 radical (unpaired) electrons. The Bertz CT molecular complexity index is 389. The normalized spacial score (nSPS) is 29.4. The molecule has 1 aliphatic carbocycles. The maximum absolute atomic E-state index is 12.0. The maximum atomic E-state index is 12.0. The van der Waals surface area contributed by atoms with E-state index < -0.39 is 0 Å². The Morgan fingerprint density at radius 2 is 1.76 bits per heavy atom. The minimum absolute atomic E-state index is 0.166. The number of imide groups is 1. The van der Waals surface area contributed by atoms with Gasteiger partial charge in [-0.2, -0.15) is 0 Å². The first kappa shape index (κ1) is 16.3. The molecule has 0 bridgehead atoms. The topological polar surface area (TPSA) is 62.6 Å². The fourth-order valence-electron chi connectivity index (χ4n) is 3.73. The van der Waals surface area contributed by atoms with E-state index >= 15 is 0 Å². The summed E-state index contributed by atoms with van der Waals surface area (Å²) in [5.74, 6) is 1.51. The fraction of sp³-hybridized carbons (Fsp3) is 0.875. The molecule has 5 heteroatoms. The summed E-state index contributed by atoms with van der Waals surface area (Å²) in [4.78, 5) is 25.0. The molecule has 1 unspecified atom stereocenters. The minimum Gasteiger partial charge on any atom is -0.333 e. The van der Waals surface area contributed by atoms with Gasteiger partial charge in [-0.1, -0.05) is 12.8 Å². The largest absolute Gasteiger partial charge is 0.333 e. The Hall–Kier alpha value is -1.10. The van der Waals surface area contributed by atoms with Gasteiger partial charge in [-0.25, -0.2) is 4.79 Å². The molecule has 1 saturated heterocycles. The summed E-state index contributed by atoms with van der Waals surface area (Å²) in [6, 6.07) is -0.389. The first-order valence-electron chi connectivity index (χ1n) is 8.29. The highest BCUT2D eigenvalue weighted by atomic mass is 16.2. The van der Waals surface area contributed by atoms with Crippen molar-refractivity contribution in [1.29, 1.82) is 0 Å². The Kier molecular flexibility index (Phi) is 5.25. The second-order valence-corrected chi connectivity index (χ2v) is 7.73. The highest BCUT2D eigenvalue weighted by Crippen LogP contribution is 2.32. The van der Waals surface area contributed by atoms with E-state index in [0.717, 1.165) is 24.9 Å². The molecule has 3 N–H and O–H groups in total. The van der Waals surface area contributed by atoms with Crippen molar-refractivity contribution >= 4 is 11.9 Å². The number of nitrogens with one attached hydrogen (secondary N) is 3. The van der Waals surface area contributed by atoms with E-state index in [0.29, 0.717) is 6.54 Å². The monoisotopic (exact) mass is 296 g/mol. The summed E-state index contributed by atoms with van der Waals surface area (Å²) in [6.45, 7) is 8.28. The van der Waals surface area contributed by atoms with E-state index in [1.54, 1.807) is 0 Å². The number of quaternary nitrogens is 1. The molecule has 3 amide bonds. The van der Waals surface area contributed by atoms with Gasteiger partial charge in [0.2, 0.25) is 0 Å². The van der Waals surface area contributed by atoms with Gasteiger partial charge in [0.25, 0.3) is 5.91 Å². The van der Waals surface area contributed by atoms with Crippen LogP contribution >= 0.6 is 0 Å². The molecule has 2 fully saturated rings. The summed E-state index contributed by atoms with van der Waals surface area (Å²) in [6.07, 6.45) is 6.65. The average Bonchev–Trinajstić information content (AvgIpc) is 2.35. The molecule has 0 spiro atoms. The molecule has 3 atom stereocenters. The maximum Gasteiger partial charge on any atom is 0.322 e. The van der Waals surface area contributed by atoms with Crippen LogP contribution < -0.4 is 15.5 Å². The van der Waals surface area contributed by atoms with Gasteiger partial charge in [-0.05, 0) is 46.0 Å². The fourth-order valence-corrected chi connectivity index (χ4v) is 3.73. The Balaban J connectivity index is 1.74. The van der Waals surface area contributed by atoms with Crippen LogP contribution in [0, 0.1) is 11.8 Å². The number of amides is 3. The smallest absolute Gasteiger partial charge is 0.322 e. The van der Waals surface area contributed by atoms with E-state index in [9.17, 15) is 9.59 Å². The molecule has 1 heterocycles. The van der Waals surface area contributed by atoms with Crippen molar-refractivity contribution in [3.05, 3.63) is 0 Å². The van der Waals surface area contributed by atoms with Crippen molar-refractivity contribution in [2.45, 2.75) is 58.4 Å². The molecular formula is C16H30N3O2+. The van der Waals surface area contributed by atoms with Crippen LogP contribution in [0.2, 0.25) is 0 Å². The van der Waals surface area contributed by atoms with Crippen LogP contribution in [0.5, 0.6) is 0 Å². The van der Waals surface area contributed by atoms with E-state index in [1.165, 1.54) is 37.0 Å². The van der Waals surface area contributed by atoms with Crippen LogP contribution in [0.1, 0.15) is 52.9 Å². The number of piperidine rings is 1. The van der Waals surface area contributed by atoms with Crippen molar-refractivity contribution in [3.8, 4) is 0 Å². The van der Waals surface area contributed by atoms with Crippen LogP contribution in [0.3, 0.4) is 0 Å². The first-order valence-corrected chi connectivity index (χ1v) is 8.29. The van der Waals surface area contributed by atoms with Gasteiger partial charge in [0.15, 0.2) is 6.54 Å². The number of urea groups is 1. The Labute approximate surface area is 127 Å². The molecule has 2 rings (SSSR count). The molecule has 0 aromatic heterocycles. The first-order chi connectivity index (χ1) is 9.83.